The van der Waals surface area contributed by atoms with Crippen LogP contribution in [0, 0.1) is 5.92 Å². The van der Waals surface area contributed by atoms with Gasteiger partial charge in [0.1, 0.15) is 5.75 Å². The second kappa shape index (κ2) is 7.04. The Labute approximate surface area is 128 Å². The summed E-state index contributed by atoms with van der Waals surface area (Å²) in [6, 6.07) is 8.65. The van der Waals surface area contributed by atoms with Crippen LogP contribution in [0.3, 0.4) is 0 Å². The number of hydrogen-bond donors (Lipinski definition) is 2. The van der Waals surface area contributed by atoms with E-state index < -0.39 is 0 Å². The van der Waals surface area contributed by atoms with Crippen molar-refractivity contribution >= 4 is 35.3 Å². The average Bonchev–Trinajstić information content (AvgIpc) is 2.82. The third kappa shape index (κ3) is 4.43. The Morgan fingerprint density at radius 1 is 1.33 bits per heavy atom. The molecule has 4 nitrogen and oxygen atoms in total. The van der Waals surface area contributed by atoms with E-state index in [9.17, 15) is 9.90 Å². The van der Waals surface area contributed by atoms with Crippen LogP contribution in [0.2, 0.25) is 0 Å². The quantitative estimate of drug-likeness (QED) is 0.363. The number of aromatic hydroxyl groups is 1. The molecule has 0 aliphatic heterocycles. The molecule has 0 bridgehead atoms. The number of phenols is 1. The van der Waals surface area contributed by atoms with Crippen molar-refractivity contribution in [2.75, 3.05) is 5.32 Å². The molecule has 0 atom stereocenters. The van der Waals surface area contributed by atoms with Crippen molar-refractivity contribution in [3.05, 3.63) is 40.1 Å². The van der Waals surface area contributed by atoms with Gasteiger partial charge in [0, 0.05) is 10.6 Å². The van der Waals surface area contributed by atoms with Crippen molar-refractivity contribution in [1.82, 2.24) is 0 Å². The lowest BCUT2D eigenvalue weighted by Gasteiger charge is -1.99. The van der Waals surface area contributed by atoms with E-state index in [1.165, 1.54) is 16.2 Å². The molecule has 2 aromatic rings. The number of phenolic OH excluding ortho intramolecular Hbond substituents is 1. The van der Waals surface area contributed by atoms with Gasteiger partial charge in [0.15, 0.2) is 6.29 Å². The Kier molecular flexibility index (Phi) is 5.11. The fourth-order valence-electron chi connectivity index (χ4n) is 1.87. The van der Waals surface area contributed by atoms with Gasteiger partial charge in [-0.05, 0) is 42.7 Å². The maximum absolute atomic E-state index is 11.1. The molecule has 2 N–H and O–H groups in total. The van der Waals surface area contributed by atoms with Crippen molar-refractivity contribution in [2.45, 2.75) is 20.3 Å². The average molecular weight is 302 g/mol. The zero-order chi connectivity index (χ0) is 15.2. The molecule has 0 aliphatic rings. The molecule has 21 heavy (non-hydrogen) atoms. The first-order valence-electron chi connectivity index (χ1n) is 6.74. The number of thiophene rings is 1. The van der Waals surface area contributed by atoms with E-state index in [0.717, 1.165) is 18.4 Å². The van der Waals surface area contributed by atoms with E-state index in [1.54, 1.807) is 30.6 Å². The number of anilines is 1. The minimum atomic E-state index is 0.219. The molecule has 0 saturated heterocycles. The van der Waals surface area contributed by atoms with E-state index in [0.29, 0.717) is 16.5 Å². The molecule has 0 amide bonds. The van der Waals surface area contributed by atoms with Crippen molar-refractivity contribution in [1.29, 1.82) is 0 Å². The van der Waals surface area contributed by atoms with Crippen LogP contribution >= 0.6 is 11.3 Å². The summed E-state index contributed by atoms with van der Waals surface area (Å²) in [7, 11) is 0. The largest absolute Gasteiger partial charge is 0.508 e. The predicted molar refractivity (Wildman–Crippen MR) is 88.1 cm³/mol. The highest BCUT2D eigenvalue weighted by Crippen LogP contribution is 2.29. The van der Waals surface area contributed by atoms with Crippen LogP contribution in [-0.2, 0) is 6.42 Å². The monoisotopic (exact) mass is 302 g/mol. The zero-order valence-electron chi connectivity index (χ0n) is 12.0. The molecular formula is C16H18N2O2S. The number of rotatable bonds is 6. The lowest BCUT2D eigenvalue weighted by atomic mass is 10.1. The van der Waals surface area contributed by atoms with Crippen LogP contribution in [0.25, 0.3) is 0 Å². The number of nitrogens with zero attached hydrogens (tertiary/aromatic N) is 1. The van der Waals surface area contributed by atoms with Crippen LogP contribution in [0.1, 0.15) is 28.4 Å². The summed E-state index contributed by atoms with van der Waals surface area (Å²) < 4.78 is 0. The number of hydrogen-bond acceptors (Lipinski definition) is 4. The third-order valence-electron chi connectivity index (χ3n) is 2.81. The first kappa shape index (κ1) is 15.3. The summed E-state index contributed by atoms with van der Waals surface area (Å²) in [5.74, 6) is 0.770. The van der Waals surface area contributed by atoms with Gasteiger partial charge >= 0.3 is 0 Å². The molecule has 1 aromatic carbocycles. The smallest absolute Gasteiger partial charge is 0.162 e. The minimum absolute atomic E-state index is 0.219. The maximum Gasteiger partial charge on any atom is 0.162 e. The number of aldehydes is 1. The number of benzene rings is 1. The number of nitrogens with one attached hydrogen (secondary N) is 1. The van der Waals surface area contributed by atoms with E-state index in [2.05, 4.69) is 24.2 Å². The first-order valence-corrected chi connectivity index (χ1v) is 7.56. The molecule has 0 aliphatic carbocycles. The second-order valence-corrected chi connectivity index (χ2v) is 6.30. The second-order valence-electron chi connectivity index (χ2n) is 5.13. The molecule has 0 radical (unpaired) electrons. The van der Waals surface area contributed by atoms with Gasteiger partial charge < -0.3 is 10.4 Å². The highest BCUT2D eigenvalue weighted by atomic mass is 32.1. The van der Waals surface area contributed by atoms with Crippen molar-refractivity contribution in [2.24, 2.45) is 10.9 Å². The molecule has 0 fully saturated rings. The summed E-state index contributed by atoms with van der Waals surface area (Å²) in [5, 5.41) is 12.2. The Bertz CT molecular complexity index is 630. The van der Waals surface area contributed by atoms with Crippen molar-refractivity contribution in [3.63, 3.8) is 0 Å². The highest BCUT2D eigenvalue weighted by Gasteiger charge is 2.08. The summed E-state index contributed by atoms with van der Waals surface area (Å²) in [4.78, 5) is 17.2. The van der Waals surface area contributed by atoms with Gasteiger partial charge in [0.2, 0.25) is 0 Å². The fraction of sp³-hybridized carbons (Fsp3) is 0.250. The topological polar surface area (TPSA) is 61.7 Å². The third-order valence-corrected chi connectivity index (χ3v) is 3.88. The van der Waals surface area contributed by atoms with Crippen LogP contribution in [0.4, 0.5) is 11.4 Å². The lowest BCUT2D eigenvalue weighted by Crippen LogP contribution is -1.93. The highest BCUT2D eigenvalue weighted by molar-refractivity contribution is 7.14. The summed E-state index contributed by atoms with van der Waals surface area (Å²) >= 11 is 1.49. The van der Waals surface area contributed by atoms with Crippen molar-refractivity contribution < 1.29 is 9.90 Å². The van der Waals surface area contributed by atoms with Crippen LogP contribution in [-0.4, -0.2) is 17.7 Å². The summed E-state index contributed by atoms with van der Waals surface area (Å²) in [6.07, 6.45) is 3.36. The SMILES string of the molecule is CC(C)Cc1cc(/N=C\Nc2ccc(O)cc2)c(C=O)s1. The lowest BCUT2D eigenvalue weighted by molar-refractivity contribution is 0.112. The van der Waals surface area contributed by atoms with Gasteiger partial charge in [0.05, 0.1) is 16.9 Å². The Hall–Kier alpha value is -2.14. The van der Waals surface area contributed by atoms with Gasteiger partial charge in [-0.15, -0.1) is 11.3 Å². The van der Waals surface area contributed by atoms with E-state index in [4.69, 9.17) is 0 Å². The van der Waals surface area contributed by atoms with E-state index in [-0.39, 0.29) is 5.75 Å². The van der Waals surface area contributed by atoms with Crippen LogP contribution < -0.4 is 5.32 Å². The molecule has 0 spiro atoms. The molecule has 1 heterocycles. The van der Waals surface area contributed by atoms with Gasteiger partial charge in [-0.1, -0.05) is 13.8 Å². The molecular weight excluding hydrogens is 284 g/mol. The molecule has 110 valence electrons. The van der Waals surface area contributed by atoms with Gasteiger partial charge in [0.25, 0.3) is 0 Å². The van der Waals surface area contributed by atoms with Crippen LogP contribution in [0.15, 0.2) is 35.3 Å². The molecule has 1 aromatic heterocycles. The number of carbonyl (C=O) groups is 1. The first-order chi connectivity index (χ1) is 10.1. The van der Waals surface area contributed by atoms with Gasteiger partial charge in [-0.2, -0.15) is 0 Å². The number of carbonyl (C=O) groups excluding carboxylic acids is 1. The minimum Gasteiger partial charge on any atom is -0.508 e. The van der Waals surface area contributed by atoms with Gasteiger partial charge in [-0.25, -0.2) is 4.99 Å². The van der Waals surface area contributed by atoms with E-state index >= 15 is 0 Å². The number of aliphatic imine (C=N–C) groups is 1. The normalized spacial score (nSPS) is 11.2. The Balaban J connectivity index is 2.07. The standard InChI is InChI=1S/C16H18N2O2S/c1-11(2)7-14-8-15(16(9-19)21-14)18-10-17-12-3-5-13(20)6-4-12/h3-6,8-11,20H,7H2,1-2H3,(H,17,18). The predicted octanol–water partition coefficient (Wildman–Crippen LogP) is 4.24. The fourth-order valence-corrected chi connectivity index (χ4v) is 3.00. The molecule has 5 heteroatoms. The van der Waals surface area contributed by atoms with Gasteiger partial charge in [-0.3, -0.25) is 4.79 Å². The Morgan fingerprint density at radius 3 is 2.67 bits per heavy atom. The zero-order valence-corrected chi connectivity index (χ0v) is 12.9. The summed E-state index contributed by atoms with van der Waals surface area (Å²) in [6.45, 7) is 4.30. The summed E-state index contributed by atoms with van der Waals surface area (Å²) in [5.41, 5.74) is 1.51. The molecule has 0 unspecified atom stereocenters. The maximum atomic E-state index is 11.1. The van der Waals surface area contributed by atoms with Crippen molar-refractivity contribution in [3.8, 4) is 5.75 Å². The van der Waals surface area contributed by atoms with Crippen LogP contribution in [0.5, 0.6) is 5.75 Å². The molecule has 2 rings (SSSR count). The van der Waals surface area contributed by atoms with E-state index in [1.807, 2.05) is 6.07 Å². The Morgan fingerprint density at radius 2 is 2.05 bits per heavy atom. The molecule has 0 saturated carbocycles.